The van der Waals surface area contributed by atoms with Crippen LogP contribution in [0.4, 0.5) is 0 Å². The summed E-state index contributed by atoms with van der Waals surface area (Å²) in [6, 6.07) is 26.5. The summed E-state index contributed by atoms with van der Waals surface area (Å²) >= 11 is 0. The number of rotatable bonds is 3. The third-order valence-corrected chi connectivity index (χ3v) is 4.89. The molecule has 3 rings (SSSR count). The second kappa shape index (κ2) is 6.88. The predicted octanol–water partition coefficient (Wildman–Crippen LogP) is 6.78. The van der Waals surface area contributed by atoms with Gasteiger partial charge in [-0.25, -0.2) is 0 Å². The average molecular weight is 328 g/mol. The highest BCUT2D eigenvalue weighted by atomic mass is 14.3. The molecule has 0 aliphatic rings. The molecule has 0 amide bonds. The average Bonchev–Trinajstić information content (AvgIpc) is 2.58. The van der Waals surface area contributed by atoms with Crippen molar-refractivity contribution in [3.63, 3.8) is 0 Å². The van der Waals surface area contributed by atoms with E-state index in [1.165, 1.54) is 33.4 Å². The summed E-state index contributed by atoms with van der Waals surface area (Å²) in [6.07, 6.45) is 0. The smallest absolute Gasteiger partial charge is 0.0345 e. The summed E-state index contributed by atoms with van der Waals surface area (Å²) in [6.45, 7) is 11.4. The van der Waals surface area contributed by atoms with E-state index in [1.54, 1.807) is 0 Å². The molecule has 0 fully saturated rings. The van der Waals surface area contributed by atoms with Crippen LogP contribution in [-0.4, -0.2) is 0 Å². The molecule has 3 aromatic carbocycles. The standard InChI is InChI=1S/C25H28/c1-18-16-19(2)23(22(17-18)25(3,4)5)24(20-12-8-6-9-13-20)21-14-10-7-11-15-21/h6-17,24H,1-5H3. The van der Waals surface area contributed by atoms with E-state index in [9.17, 15) is 0 Å². The Bertz CT molecular complexity index is 797. The minimum absolute atomic E-state index is 0.105. The van der Waals surface area contributed by atoms with Gasteiger partial charge < -0.3 is 0 Å². The van der Waals surface area contributed by atoms with E-state index in [1.807, 2.05) is 0 Å². The molecule has 0 N–H and O–H groups in total. The highest BCUT2D eigenvalue weighted by Gasteiger charge is 2.27. The van der Waals surface area contributed by atoms with Gasteiger partial charge in [0.2, 0.25) is 0 Å². The highest BCUT2D eigenvalue weighted by molar-refractivity contribution is 5.52. The lowest BCUT2D eigenvalue weighted by Crippen LogP contribution is -2.19. The van der Waals surface area contributed by atoms with Gasteiger partial charge in [0.15, 0.2) is 0 Å². The Morgan fingerprint density at radius 3 is 1.60 bits per heavy atom. The first-order valence-electron chi connectivity index (χ1n) is 9.09. The van der Waals surface area contributed by atoms with Gasteiger partial charge >= 0.3 is 0 Å². The van der Waals surface area contributed by atoms with Crippen LogP contribution in [0, 0.1) is 13.8 Å². The van der Waals surface area contributed by atoms with E-state index in [0.717, 1.165) is 0 Å². The molecule has 0 heterocycles. The summed E-state index contributed by atoms with van der Waals surface area (Å²) < 4.78 is 0. The van der Waals surface area contributed by atoms with Crippen LogP contribution >= 0.6 is 0 Å². The lowest BCUT2D eigenvalue weighted by Gasteiger charge is -2.30. The Morgan fingerprint density at radius 2 is 1.16 bits per heavy atom. The van der Waals surface area contributed by atoms with Crippen molar-refractivity contribution in [2.45, 2.75) is 46.0 Å². The minimum atomic E-state index is 0.105. The summed E-state index contributed by atoms with van der Waals surface area (Å²) in [5.74, 6) is 0.261. The highest BCUT2D eigenvalue weighted by Crippen LogP contribution is 2.40. The maximum absolute atomic E-state index is 2.38. The summed E-state index contributed by atoms with van der Waals surface area (Å²) in [7, 11) is 0. The molecule has 0 radical (unpaired) electrons. The van der Waals surface area contributed by atoms with Gasteiger partial charge in [-0.15, -0.1) is 0 Å². The molecule has 25 heavy (non-hydrogen) atoms. The Balaban J connectivity index is 2.32. The zero-order chi connectivity index (χ0) is 18.0. The summed E-state index contributed by atoms with van der Waals surface area (Å²) in [5.41, 5.74) is 8.43. The van der Waals surface area contributed by atoms with Crippen LogP contribution in [0.5, 0.6) is 0 Å². The molecule has 128 valence electrons. The first-order chi connectivity index (χ1) is 11.9. The summed E-state index contributed by atoms with van der Waals surface area (Å²) in [4.78, 5) is 0. The van der Waals surface area contributed by atoms with Crippen LogP contribution < -0.4 is 0 Å². The van der Waals surface area contributed by atoms with E-state index in [2.05, 4.69) is 107 Å². The van der Waals surface area contributed by atoms with Gasteiger partial charge in [0.05, 0.1) is 0 Å². The summed E-state index contributed by atoms with van der Waals surface area (Å²) in [5, 5.41) is 0. The molecule has 0 heteroatoms. The van der Waals surface area contributed by atoms with E-state index in [4.69, 9.17) is 0 Å². The van der Waals surface area contributed by atoms with Crippen LogP contribution in [0.1, 0.15) is 60.1 Å². The monoisotopic (exact) mass is 328 g/mol. The van der Waals surface area contributed by atoms with Crippen molar-refractivity contribution in [1.29, 1.82) is 0 Å². The van der Waals surface area contributed by atoms with Gasteiger partial charge in [0.25, 0.3) is 0 Å². The van der Waals surface area contributed by atoms with Crippen molar-refractivity contribution in [2.24, 2.45) is 0 Å². The molecular formula is C25H28. The zero-order valence-corrected chi connectivity index (χ0v) is 16.0. The van der Waals surface area contributed by atoms with Gasteiger partial charge in [0, 0.05) is 5.92 Å². The van der Waals surface area contributed by atoms with Crippen LogP contribution in [0.25, 0.3) is 0 Å². The molecule has 0 aromatic heterocycles. The molecular weight excluding hydrogens is 300 g/mol. The topological polar surface area (TPSA) is 0 Å². The van der Waals surface area contributed by atoms with E-state index >= 15 is 0 Å². The van der Waals surface area contributed by atoms with Gasteiger partial charge in [0.1, 0.15) is 0 Å². The van der Waals surface area contributed by atoms with Crippen molar-refractivity contribution in [2.75, 3.05) is 0 Å². The van der Waals surface area contributed by atoms with Crippen LogP contribution in [0.15, 0.2) is 72.8 Å². The number of benzene rings is 3. The Labute approximate surface area is 152 Å². The fraction of sp³-hybridized carbons (Fsp3) is 0.280. The fourth-order valence-electron chi connectivity index (χ4n) is 3.80. The molecule has 0 bridgehead atoms. The van der Waals surface area contributed by atoms with Crippen molar-refractivity contribution < 1.29 is 0 Å². The van der Waals surface area contributed by atoms with Crippen molar-refractivity contribution in [3.05, 3.63) is 106 Å². The molecule has 0 aliphatic heterocycles. The molecule has 0 unspecified atom stereocenters. The number of hydrogen-bond donors (Lipinski definition) is 0. The minimum Gasteiger partial charge on any atom is -0.0622 e. The van der Waals surface area contributed by atoms with Gasteiger partial charge in [-0.05, 0) is 47.1 Å². The lowest BCUT2D eigenvalue weighted by atomic mass is 9.73. The Kier molecular flexibility index (Phi) is 4.81. The maximum Gasteiger partial charge on any atom is 0.0345 e. The molecule has 0 aliphatic carbocycles. The van der Waals surface area contributed by atoms with Gasteiger partial charge in [-0.3, -0.25) is 0 Å². The van der Waals surface area contributed by atoms with E-state index < -0.39 is 0 Å². The largest absolute Gasteiger partial charge is 0.0622 e. The van der Waals surface area contributed by atoms with E-state index in [0.29, 0.717) is 0 Å². The first kappa shape index (κ1) is 17.5. The first-order valence-corrected chi connectivity index (χ1v) is 9.09. The Morgan fingerprint density at radius 1 is 0.680 bits per heavy atom. The fourth-order valence-corrected chi connectivity index (χ4v) is 3.80. The third-order valence-electron chi connectivity index (χ3n) is 4.89. The molecule has 3 aromatic rings. The van der Waals surface area contributed by atoms with E-state index in [-0.39, 0.29) is 11.3 Å². The normalized spacial score (nSPS) is 11.8. The predicted molar refractivity (Wildman–Crippen MR) is 108 cm³/mol. The van der Waals surface area contributed by atoms with Crippen LogP contribution in [0.3, 0.4) is 0 Å². The quantitative estimate of drug-likeness (QED) is 0.465. The van der Waals surface area contributed by atoms with Crippen molar-refractivity contribution in [1.82, 2.24) is 0 Å². The van der Waals surface area contributed by atoms with Crippen LogP contribution in [0.2, 0.25) is 0 Å². The second-order valence-corrected chi connectivity index (χ2v) is 8.05. The zero-order valence-electron chi connectivity index (χ0n) is 16.0. The second-order valence-electron chi connectivity index (χ2n) is 8.05. The Hall–Kier alpha value is -2.34. The number of aryl methyl sites for hydroxylation is 2. The number of hydrogen-bond acceptors (Lipinski definition) is 0. The maximum atomic E-state index is 2.38. The molecule has 0 atom stereocenters. The van der Waals surface area contributed by atoms with Gasteiger partial charge in [-0.1, -0.05) is 99.1 Å². The van der Waals surface area contributed by atoms with Crippen molar-refractivity contribution >= 4 is 0 Å². The third kappa shape index (κ3) is 3.69. The van der Waals surface area contributed by atoms with Gasteiger partial charge in [-0.2, -0.15) is 0 Å². The molecule has 0 spiro atoms. The molecule has 0 saturated carbocycles. The van der Waals surface area contributed by atoms with Crippen molar-refractivity contribution in [3.8, 4) is 0 Å². The van der Waals surface area contributed by atoms with Crippen LogP contribution in [-0.2, 0) is 5.41 Å². The molecule has 0 nitrogen and oxygen atoms in total. The molecule has 0 saturated heterocycles. The SMILES string of the molecule is Cc1cc(C)c(C(c2ccccc2)c2ccccc2)c(C(C)(C)C)c1. The lowest BCUT2D eigenvalue weighted by molar-refractivity contribution is 0.579.